The second-order valence-corrected chi connectivity index (χ2v) is 4.75. The van der Waals surface area contributed by atoms with E-state index in [1.54, 1.807) is 24.4 Å². The highest BCUT2D eigenvalue weighted by Crippen LogP contribution is 2.11. The van der Waals surface area contributed by atoms with Crippen molar-refractivity contribution in [2.45, 2.75) is 6.92 Å². The number of hydrogen-bond donors (Lipinski definition) is 2. The Bertz CT molecular complexity index is 497. The fourth-order valence-corrected chi connectivity index (χ4v) is 1.56. The summed E-state index contributed by atoms with van der Waals surface area (Å²) in [7, 11) is -1.41. The maximum absolute atomic E-state index is 8.75. The van der Waals surface area contributed by atoms with Gasteiger partial charge in [-0.15, -0.1) is 0 Å². The Hall–Kier alpha value is -0.875. The van der Waals surface area contributed by atoms with Crippen LogP contribution in [0.3, 0.4) is 0 Å². The molecule has 0 saturated heterocycles. The number of aryl methyl sites for hydroxylation is 1. The van der Waals surface area contributed by atoms with Crippen molar-refractivity contribution in [2.75, 3.05) is 0 Å². The monoisotopic (exact) mass is 327 g/mol. The third kappa shape index (κ3) is 5.18. The summed E-state index contributed by atoms with van der Waals surface area (Å²) in [6.45, 7) is 1.81. The van der Waals surface area contributed by atoms with Crippen molar-refractivity contribution in [2.24, 2.45) is 0 Å². The van der Waals surface area contributed by atoms with Crippen LogP contribution in [-0.4, -0.2) is 22.2 Å². The third-order valence-electron chi connectivity index (χ3n) is 2.11. The first-order valence-electron chi connectivity index (χ1n) is 5.19. The summed E-state index contributed by atoms with van der Waals surface area (Å²) in [6, 6.07) is 10.6. The second-order valence-electron chi connectivity index (χ2n) is 3.53. The second kappa shape index (κ2) is 7.54. The molecule has 1 heterocycles. The molecule has 0 aliphatic heterocycles. The average molecular weight is 328 g/mol. The average Bonchev–Trinajstić information content (AvgIpc) is 2.34. The number of benzene rings is 1. The number of rotatable bonds is 1. The Morgan fingerprint density at radius 3 is 2.33 bits per heavy atom. The quantitative estimate of drug-likeness (QED) is 0.623. The number of aromatic nitrogens is 1. The molecule has 94 valence electrons. The molecule has 0 bridgehead atoms. The van der Waals surface area contributed by atoms with Gasteiger partial charge in [-0.25, -0.2) is 4.98 Å². The van der Waals surface area contributed by atoms with Crippen LogP contribution in [0.1, 0.15) is 5.56 Å². The van der Waals surface area contributed by atoms with Crippen LogP contribution in [0.5, 0.6) is 0 Å². The van der Waals surface area contributed by atoms with Crippen LogP contribution in [0, 0.1) is 6.92 Å². The van der Waals surface area contributed by atoms with Gasteiger partial charge in [-0.05, 0) is 52.1 Å². The number of nitrogens with zero attached hydrogens (tertiary/aromatic N) is 1. The Labute approximate surface area is 120 Å². The lowest BCUT2D eigenvalue weighted by molar-refractivity contribution is 0.426. The van der Waals surface area contributed by atoms with Crippen LogP contribution in [-0.2, 0) is 0 Å². The van der Waals surface area contributed by atoms with Crippen molar-refractivity contribution >= 4 is 40.1 Å². The minimum absolute atomic E-state index is 0.465. The van der Waals surface area contributed by atoms with Crippen LogP contribution < -0.4 is 5.46 Å². The maximum Gasteiger partial charge on any atom is 0.488 e. The largest absolute Gasteiger partial charge is 0.488 e. The highest BCUT2D eigenvalue weighted by atomic mass is 79.9. The van der Waals surface area contributed by atoms with E-state index in [1.165, 1.54) is 0 Å². The minimum Gasteiger partial charge on any atom is -0.423 e. The van der Waals surface area contributed by atoms with Gasteiger partial charge >= 0.3 is 7.12 Å². The first kappa shape index (κ1) is 15.2. The van der Waals surface area contributed by atoms with E-state index < -0.39 is 7.12 Å². The molecule has 0 amide bonds. The van der Waals surface area contributed by atoms with Crippen molar-refractivity contribution in [1.29, 1.82) is 0 Å². The van der Waals surface area contributed by atoms with Crippen molar-refractivity contribution in [3.05, 3.63) is 57.8 Å². The highest BCUT2D eigenvalue weighted by molar-refractivity contribution is 9.10. The zero-order chi connectivity index (χ0) is 13.5. The topological polar surface area (TPSA) is 53.4 Å². The molecule has 0 spiro atoms. The van der Waals surface area contributed by atoms with Gasteiger partial charge in [0.05, 0.1) is 0 Å². The summed E-state index contributed by atoms with van der Waals surface area (Å²) in [4.78, 5) is 3.90. The molecule has 2 N–H and O–H groups in total. The lowest BCUT2D eigenvalue weighted by Gasteiger charge is -2.01. The van der Waals surface area contributed by atoms with Crippen molar-refractivity contribution in [3.8, 4) is 0 Å². The van der Waals surface area contributed by atoms with Gasteiger partial charge in [-0.1, -0.05) is 29.8 Å². The Kier molecular flexibility index (Phi) is 6.36. The van der Waals surface area contributed by atoms with E-state index in [0.29, 0.717) is 10.5 Å². The van der Waals surface area contributed by atoms with E-state index in [4.69, 9.17) is 21.6 Å². The van der Waals surface area contributed by atoms with E-state index in [-0.39, 0.29) is 0 Å². The zero-order valence-corrected chi connectivity index (χ0v) is 12.1. The molecular weight excluding hydrogens is 316 g/mol. The van der Waals surface area contributed by atoms with Crippen LogP contribution in [0.25, 0.3) is 0 Å². The van der Waals surface area contributed by atoms with E-state index in [2.05, 4.69) is 20.9 Å². The molecule has 0 aliphatic carbocycles. The van der Waals surface area contributed by atoms with Crippen LogP contribution >= 0.6 is 27.5 Å². The molecule has 1 aromatic heterocycles. The molecule has 0 saturated carbocycles. The molecule has 6 heteroatoms. The van der Waals surface area contributed by atoms with Crippen LogP contribution in [0.2, 0.25) is 5.02 Å². The zero-order valence-electron chi connectivity index (χ0n) is 9.72. The minimum atomic E-state index is -1.41. The number of pyridine rings is 1. The Balaban J connectivity index is 0.000000199. The molecule has 2 rings (SSSR count). The van der Waals surface area contributed by atoms with Crippen molar-refractivity contribution in [3.63, 3.8) is 0 Å². The number of halogens is 2. The lowest BCUT2D eigenvalue weighted by Crippen LogP contribution is -2.29. The summed E-state index contributed by atoms with van der Waals surface area (Å²) in [6.07, 6.45) is 1.74. The molecule has 2 aromatic rings. The summed E-state index contributed by atoms with van der Waals surface area (Å²) >= 11 is 8.92. The smallest absolute Gasteiger partial charge is 0.423 e. The number of hydrogen-bond acceptors (Lipinski definition) is 3. The fourth-order valence-electron chi connectivity index (χ4n) is 1.17. The SMILES string of the molecule is Brc1ccccn1.Cc1cc(B(O)O)ccc1Cl. The van der Waals surface area contributed by atoms with Gasteiger partial charge in [0.1, 0.15) is 4.60 Å². The normalized spacial score (nSPS) is 9.39. The van der Waals surface area contributed by atoms with Gasteiger partial charge in [0.25, 0.3) is 0 Å². The standard InChI is InChI=1S/C7H8BClO2.C5H4BrN/c1-5-4-6(8(10)11)2-3-7(5)9;6-5-3-1-2-4-7-5/h2-4,10-11H,1H3;1-4H. The molecule has 0 radical (unpaired) electrons. The highest BCUT2D eigenvalue weighted by Gasteiger charge is 2.10. The molecule has 18 heavy (non-hydrogen) atoms. The lowest BCUT2D eigenvalue weighted by atomic mass is 9.80. The van der Waals surface area contributed by atoms with Gasteiger partial charge in [0.2, 0.25) is 0 Å². The van der Waals surface area contributed by atoms with Crippen LogP contribution in [0.15, 0.2) is 47.2 Å². The maximum atomic E-state index is 8.75. The van der Waals surface area contributed by atoms with Gasteiger partial charge in [0, 0.05) is 11.2 Å². The molecule has 0 unspecified atom stereocenters. The fraction of sp³-hybridized carbons (Fsp3) is 0.0833. The van der Waals surface area contributed by atoms with Gasteiger partial charge in [-0.3, -0.25) is 0 Å². The predicted octanol–water partition coefficient (Wildman–Crippen LogP) is 2.17. The molecule has 1 aromatic carbocycles. The summed E-state index contributed by atoms with van der Waals surface area (Å²) in [5.74, 6) is 0. The Morgan fingerprint density at radius 2 is 1.94 bits per heavy atom. The first-order valence-corrected chi connectivity index (χ1v) is 6.36. The molecule has 0 atom stereocenters. The predicted molar refractivity (Wildman–Crippen MR) is 78.0 cm³/mol. The molecule has 3 nitrogen and oxygen atoms in total. The molecule has 0 fully saturated rings. The van der Waals surface area contributed by atoms with Gasteiger partial charge < -0.3 is 10.0 Å². The third-order valence-corrected chi connectivity index (χ3v) is 3.00. The van der Waals surface area contributed by atoms with E-state index in [1.807, 2.05) is 25.1 Å². The van der Waals surface area contributed by atoms with E-state index in [9.17, 15) is 0 Å². The van der Waals surface area contributed by atoms with Gasteiger partial charge in [0.15, 0.2) is 0 Å². The van der Waals surface area contributed by atoms with E-state index >= 15 is 0 Å². The van der Waals surface area contributed by atoms with Crippen LogP contribution in [0.4, 0.5) is 0 Å². The van der Waals surface area contributed by atoms with Gasteiger partial charge in [-0.2, -0.15) is 0 Å². The molecule has 0 aliphatic rings. The first-order chi connectivity index (χ1) is 8.50. The molecular formula is C12H12BBrClNO2. The van der Waals surface area contributed by atoms with Crippen molar-refractivity contribution in [1.82, 2.24) is 4.98 Å². The van der Waals surface area contributed by atoms with Crippen molar-refractivity contribution < 1.29 is 10.0 Å². The Morgan fingerprint density at radius 1 is 1.22 bits per heavy atom. The summed E-state index contributed by atoms with van der Waals surface area (Å²) < 4.78 is 0.884. The summed E-state index contributed by atoms with van der Waals surface area (Å²) in [5.41, 5.74) is 1.31. The summed E-state index contributed by atoms with van der Waals surface area (Å²) in [5, 5.41) is 18.1. The van der Waals surface area contributed by atoms with E-state index in [0.717, 1.165) is 10.2 Å².